The summed E-state index contributed by atoms with van der Waals surface area (Å²) in [5.74, 6) is 1.19. The fourth-order valence-corrected chi connectivity index (χ4v) is 5.90. The average Bonchev–Trinajstić information content (AvgIpc) is 3.11. The lowest BCUT2D eigenvalue weighted by Crippen LogP contribution is -2.66. The number of fused-ring (bicyclic) bond motifs is 5. The molecular weight excluding hydrogens is 366 g/mol. The molecule has 5 rings (SSSR count). The zero-order valence-electron chi connectivity index (χ0n) is 16.9. The number of H-pyrrole nitrogens is 1. The van der Waals surface area contributed by atoms with Crippen molar-refractivity contribution < 1.29 is 9.59 Å². The molecule has 5 heterocycles. The molecule has 0 saturated carbocycles. The van der Waals surface area contributed by atoms with Gasteiger partial charge in [0.2, 0.25) is 11.8 Å². The lowest BCUT2D eigenvalue weighted by molar-refractivity contribution is -0.153. The Hall–Kier alpha value is -2.41. The van der Waals surface area contributed by atoms with Gasteiger partial charge in [-0.05, 0) is 48.8 Å². The molecule has 2 amide bonds. The number of carbonyl (C=O) groups excluding carboxylic acids is 2. The topological polar surface area (TPSA) is 81.3 Å². The van der Waals surface area contributed by atoms with Crippen LogP contribution in [-0.2, 0) is 16.1 Å². The molecule has 29 heavy (non-hydrogen) atoms. The molecule has 7 heteroatoms. The minimum absolute atomic E-state index is 0.0212. The second-order valence-electron chi connectivity index (χ2n) is 8.93. The molecule has 7 nitrogen and oxygen atoms in total. The van der Waals surface area contributed by atoms with Gasteiger partial charge in [-0.2, -0.15) is 0 Å². The van der Waals surface area contributed by atoms with Gasteiger partial charge in [0.25, 0.3) is 0 Å². The zero-order valence-corrected chi connectivity index (χ0v) is 16.9. The van der Waals surface area contributed by atoms with Crippen LogP contribution in [0.15, 0.2) is 24.5 Å². The van der Waals surface area contributed by atoms with Crippen molar-refractivity contribution in [2.45, 2.75) is 51.2 Å². The van der Waals surface area contributed by atoms with Gasteiger partial charge in [0, 0.05) is 63.3 Å². The van der Waals surface area contributed by atoms with E-state index in [0.29, 0.717) is 30.8 Å². The lowest BCUT2D eigenvalue weighted by atomic mass is 9.72. The van der Waals surface area contributed by atoms with Gasteiger partial charge in [-0.25, -0.2) is 4.98 Å². The SMILES string of the molecule is CC(=O)NC[C@H]1[C@H]2C[C@H](CN(Cc3c[nH]c4ncccc34)C2)[C@@H]2CCCC(=O)N21. The summed E-state index contributed by atoms with van der Waals surface area (Å²) < 4.78 is 0. The fraction of sp³-hybridized carbons (Fsp3) is 0.591. The molecule has 4 atom stereocenters. The van der Waals surface area contributed by atoms with Gasteiger partial charge in [0.05, 0.1) is 6.04 Å². The highest BCUT2D eigenvalue weighted by atomic mass is 16.2. The zero-order chi connectivity index (χ0) is 20.0. The first kappa shape index (κ1) is 18.6. The summed E-state index contributed by atoms with van der Waals surface area (Å²) in [5, 5.41) is 4.18. The highest BCUT2D eigenvalue weighted by Crippen LogP contribution is 2.41. The molecule has 2 aromatic heterocycles. The van der Waals surface area contributed by atoms with Gasteiger partial charge in [-0.15, -0.1) is 0 Å². The Morgan fingerprint density at radius 1 is 1.34 bits per heavy atom. The molecule has 2 N–H and O–H groups in total. The molecular formula is C22H29N5O2. The number of amides is 2. The standard InChI is InChI=1S/C22H29N5O2/c1-14(28)24-10-20-16-8-15(19-5-2-6-21(29)27(19)20)11-26(12-16)13-17-9-25-22-18(17)4-3-7-23-22/h3-4,7,9,15-16,19-20H,2,5-6,8,10-13H2,1H3,(H,23,25)(H,24,28)/t15-,16+,19+,20+/m1/s1. The molecule has 154 valence electrons. The Kier molecular flexibility index (Phi) is 4.78. The maximum absolute atomic E-state index is 12.8. The van der Waals surface area contributed by atoms with Gasteiger partial charge >= 0.3 is 0 Å². The highest BCUT2D eigenvalue weighted by Gasteiger charge is 2.49. The third-order valence-corrected chi connectivity index (χ3v) is 7.06. The number of likely N-dealkylation sites (tertiary alicyclic amines) is 1. The molecule has 3 saturated heterocycles. The summed E-state index contributed by atoms with van der Waals surface area (Å²) in [5.41, 5.74) is 2.22. The van der Waals surface area contributed by atoms with E-state index in [1.807, 2.05) is 12.3 Å². The van der Waals surface area contributed by atoms with Crippen molar-refractivity contribution in [2.75, 3.05) is 19.6 Å². The molecule has 0 unspecified atom stereocenters. The van der Waals surface area contributed by atoms with Crippen LogP contribution < -0.4 is 5.32 Å². The van der Waals surface area contributed by atoms with Gasteiger partial charge < -0.3 is 15.2 Å². The Labute approximate surface area is 170 Å². The fourth-order valence-electron chi connectivity index (χ4n) is 5.90. The number of nitrogens with one attached hydrogen (secondary N) is 2. The third kappa shape index (κ3) is 3.41. The third-order valence-electron chi connectivity index (χ3n) is 7.06. The molecule has 0 spiro atoms. The van der Waals surface area contributed by atoms with E-state index < -0.39 is 0 Å². The number of hydrogen-bond donors (Lipinski definition) is 2. The quantitative estimate of drug-likeness (QED) is 0.829. The number of hydrogen-bond acceptors (Lipinski definition) is 4. The number of rotatable bonds is 4. The van der Waals surface area contributed by atoms with Crippen molar-refractivity contribution in [1.29, 1.82) is 0 Å². The van der Waals surface area contributed by atoms with Gasteiger partial charge in [0.15, 0.2) is 0 Å². The van der Waals surface area contributed by atoms with Gasteiger partial charge in [-0.3, -0.25) is 14.5 Å². The second kappa shape index (κ2) is 7.44. The predicted octanol–water partition coefficient (Wildman–Crippen LogP) is 1.90. The minimum Gasteiger partial charge on any atom is -0.354 e. The van der Waals surface area contributed by atoms with Crippen LogP contribution in [0.3, 0.4) is 0 Å². The van der Waals surface area contributed by atoms with Crippen molar-refractivity contribution in [3.63, 3.8) is 0 Å². The van der Waals surface area contributed by atoms with Gasteiger partial charge in [0.1, 0.15) is 5.65 Å². The van der Waals surface area contributed by atoms with E-state index in [-0.39, 0.29) is 17.9 Å². The van der Waals surface area contributed by atoms with Crippen molar-refractivity contribution >= 4 is 22.8 Å². The number of aromatic amines is 1. The Balaban J connectivity index is 1.39. The summed E-state index contributed by atoms with van der Waals surface area (Å²) in [4.78, 5) is 36.8. The molecule has 3 aliphatic heterocycles. The molecule has 2 bridgehead atoms. The number of piperidine rings is 3. The van der Waals surface area contributed by atoms with Crippen LogP contribution in [0, 0.1) is 11.8 Å². The Morgan fingerprint density at radius 3 is 3.07 bits per heavy atom. The van der Waals surface area contributed by atoms with Crippen molar-refractivity contribution in [1.82, 2.24) is 25.1 Å². The van der Waals surface area contributed by atoms with Crippen LogP contribution in [0.5, 0.6) is 0 Å². The summed E-state index contributed by atoms with van der Waals surface area (Å²) in [6, 6.07) is 4.54. The first-order valence-corrected chi connectivity index (χ1v) is 10.8. The first-order chi connectivity index (χ1) is 14.1. The maximum Gasteiger partial charge on any atom is 0.223 e. The first-order valence-electron chi connectivity index (χ1n) is 10.8. The smallest absolute Gasteiger partial charge is 0.223 e. The van der Waals surface area contributed by atoms with Crippen LogP contribution >= 0.6 is 0 Å². The minimum atomic E-state index is -0.0212. The number of carbonyl (C=O) groups is 2. The summed E-state index contributed by atoms with van der Waals surface area (Å²) in [7, 11) is 0. The average molecular weight is 396 g/mol. The van der Waals surface area contributed by atoms with Crippen molar-refractivity contribution in [2.24, 2.45) is 11.8 Å². The van der Waals surface area contributed by atoms with Crippen LogP contribution in [0.4, 0.5) is 0 Å². The molecule has 0 aliphatic carbocycles. The lowest BCUT2D eigenvalue weighted by Gasteiger charge is -2.56. The summed E-state index contributed by atoms with van der Waals surface area (Å²) >= 11 is 0. The van der Waals surface area contributed by atoms with E-state index in [0.717, 1.165) is 44.5 Å². The molecule has 3 aliphatic rings. The largest absolute Gasteiger partial charge is 0.354 e. The van der Waals surface area contributed by atoms with Crippen LogP contribution in [0.2, 0.25) is 0 Å². The highest BCUT2D eigenvalue weighted by molar-refractivity contribution is 5.79. The van der Waals surface area contributed by atoms with Crippen molar-refractivity contribution in [3.8, 4) is 0 Å². The Bertz CT molecular complexity index is 925. The predicted molar refractivity (Wildman–Crippen MR) is 110 cm³/mol. The van der Waals surface area contributed by atoms with Crippen LogP contribution in [-0.4, -0.2) is 63.3 Å². The van der Waals surface area contributed by atoms with E-state index in [4.69, 9.17) is 0 Å². The molecule has 0 radical (unpaired) electrons. The Morgan fingerprint density at radius 2 is 2.21 bits per heavy atom. The van der Waals surface area contributed by atoms with E-state index in [1.165, 1.54) is 10.9 Å². The van der Waals surface area contributed by atoms with E-state index in [1.54, 1.807) is 6.92 Å². The second-order valence-corrected chi connectivity index (χ2v) is 8.93. The molecule has 0 aromatic carbocycles. The monoisotopic (exact) mass is 395 g/mol. The van der Waals surface area contributed by atoms with Crippen LogP contribution in [0.1, 0.15) is 38.2 Å². The van der Waals surface area contributed by atoms with Crippen LogP contribution in [0.25, 0.3) is 11.0 Å². The van der Waals surface area contributed by atoms with Gasteiger partial charge in [-0.1, -0.05) is 0 Å². The van der Waals surface area contributed by atoms with E-state index in [2.05, 4.69) is 37.3 Å². The number of aromatic nitrogens is 2. The normalized spacial score (nSPS) is 29.7. The van der Waals surface area contributed by atoms with E-state index in [9.17, 15) is 9.59 Å². The maximum atomic E-state index is 12.8. The molecule has 2 aromatic rings. The summed E-state index contributed by atoms with van der Waals surface area (Å²) in [6.45, 7) is 5.01. The summed E-state index contributed by atoms with van der Waals surface area (Å²) in [6.07, 6.45) is 7.78. The number of pyridine rings is 1. The molecule has 3 fully saturated rings. The van der Waals surface area contributed by atoms with E-state index >= 15 is 0 Å². The number of nitrogens with zero attached hydrogens (tertiary/aromatic N) is 3. The van der Waals surface area contributed by atoms with Crippen molar-refractivity contribution in [3.05, 3.63) is 30.1 Å².